The highest BCUT2D eigenvalue weighted by molar-refractivity contribution is 4.92. The van der Waals surface area contributed by atoms with Gasteiger partial charge in [0.1, 0.15) is 0 Å². The van der Waals surface area contributed by atoms with Crippen LogP contribution in [-0.4, -0.2) is 37.4 Å². The highest BCUT2D eigenvalue weighted by Crippen LogP contribution is 2.22. The predicted octanol–water partition coefficient (Wildman–Crippen LogP) is 2.83. The summed E-state index contributed by atoms with van der Waals surface area (Å²) in [7, 11) is 0. The molecular formula is C16H25N5O. The zero-order valence-electron chi connectivity index (χ0n) is 13.5. The first-order valence-electron chi connectivity index (χ1n) is 8.26. The summed E-state index contributed by atoms with van der Waals surface area (Å²) in [4.78, 5) is 7.01. The monoisotopic (exact) mass is 303 g/mol. The van der Waals surface area contributed by atoms with Crippen LogP contribution in [0.3, 0.4) is 0 Å². The predicted molar refractivity (Wildman–Crippen MR) is 83.3 cm³/mol. The summed E-state index contributed by atoms with van der Waals surface area (Å²) in [6.45, 7) is 7.03. The van der Waals surface area contributed by atoms with Gasteiger partial charge in [0.05, 0.1) is 6.54 Å². The van der Waals surface area contributed by atoms with E-state index < -0.39 is 0 Å². The molecule has 1 aliphatic heterocycles. The van der Waals surface area contributed by atoms with E-state index in [4.69, 9.17) is 4.52 Å². The zero-order chi connectivity index (χ0) is 15.4. The lowest BCUT2D eigenvalue weighted by Crippen LogP contribution is -2.39. The summed E-state index contributed by atoms with van der Waals surface area (Å²) in [5.41, 5.74) is 0. The molecule has 6 heteroatoms. The van der Waals surface area contributed by atoms with Gasteiger partial charge in [-0.05, 0) is 31.9 Å². The van der Waals surface area contributed by atoms with Gasteiger partial charge in [-0.3, -0.25) is 9.58 Å². The second-order valence-corrected chi connectivity index (χ2v) is 6.38. The van der Waals surface area contributed by atoms with Crippen molar-refractivity contribution in [2.75, 3.05) is 6.54 Å². The molecule has 3 rings (SSSR count). The number of hydrogen-bond acceptors (Lipinski definition) is 5. The van der Waals surface area contributed by atoms with Crippen molar-refractivity contribution in [3.05, 3.63) is 30.2 Å². The van der Waals surface area contributed by atoms with Crippen LogP contribution < -0.4 is 0 Å². The quantitative estimate of drug-likeness (QED) is 0.821. The molecule has 0 spiro atoms. The normalized spacial score (nSPS) is 19.9. The Kier molecular flexibility index (Phi) is 4.87. The maximum Gasteiger partial charge on any atom is 0.229 e. The minimum absolute atomic E-state index is 0.290. The Morgan fingerprint density at radius 3 is 3.00 bits per heavy atom. The van der Waals surface area contributed by atoms with E-state index in [-0.39, 0.29) is 0 Å². The highest BCUT2D eigenvalue weighted by atomic mass is 16.5. The molecule has 0 bridgehead atoms. The number of aromatic nitrogens is 4. The van der Waals surface area contributed by atoms with Gasteiger partial charge >= 0.3 is 0 Å². The average molecular weight is 303 g/mol. The molecule has 2 aromatic rings. The fourth-order valence-electron chi connectivity index (χ4n) is 3.06. The van der Waals surface area contributed by atoms with E-state index in [9.17, 15) is 0 Å². The molecule has 120 valence electrons. The smallest absolute Gasteiger partial charge is 0.229 e. The molecule has 0 radical (unpaired) electrons. The van der Waals surface area contributed by atoms with Crippen LogP contribution in [0.5, 0.6) is 0 Å². The zero-order valence-corrected chi connectivity index (χ0v) is 13.5. The summed E-state index contributed by atoms with van der Waals surface area (Å²) >= 11 is 0. The fourth-order valence-corrected chi connectivity index (χ4v) is 3.06. The van der Waals surface area contributed by atoms with Crippen LogP contribution in [0.15, 0.2) is 23.0 Å². The molecule has 0 unspecified atom stereocenters. The molecule has 0 saturated carbocycles. The van der Waals surface area contributed by atoms with Crippen molar-refractivity contribution < 1.29 is 4.52 Å². The van der Waals surface area contributed by atoms with Gasteiger partial charge in [0, 0.05) is 30.9 Å². The number of piperidine rings is 1. The first-order valence-corrected chi connectivity index (χ1v) is 8.26. The lowest BCUT2D eigenvalue weighted by Gasteiger charge is -2.34. The SMILES string of the molecule is CC(C)c1nc(CN2CCCC[C@H]2CCn2cccn2)no1. The summed E-state index contributed by atoms with van der Waals surface area (Å²) in [5, 5.41) is 8.42. The van der Waals surface area contributed by atoms with Gasteiger partial charge < -0.3 is 4.52 Å². The van der Waals surface area contributed by atoms with Crippen LogP contribution in [0.25, 0.3) is 0 Å². The summed E-state index contributed by atoms with van der Waals surface area (Å²) in [6.07, 6.45) is 8.80. The van der Waals surface area contributed by atoms with Crippen molar-refractivity contribution in [2.24, 2.45) is 0 Å². The van der Waals surface area contributed by atoms with Crippen LogP contribution >= 0.6 is 0 Å². The van der Waals surface area contributed by atoms with Gasteiger partial charge in [0.15, 0.2) is 5.82 Å². The van der Waals surface area contributed by atoms with E-state index in [1.165, 1.54) is 19.3 Å². The molecule has 1 saturated heterocycles. The first kappa shape index (κ1) is 15.2. The lowest BCUT2D eigenvalue weighted by molar-refractivity contribution is 0.123. The molecule has 0 aliphatic carbocycles. The Morgan fingerprint density at radius 2 is 2.27 bits per heavy atom. The maximum absolute atomic E-state index is 5.32. The molecular weight excluding hydrogens is 278 g/mol. The van der Waals surface area contributed by atoms with Gasteiger partial charge in [-0.15, -0.1) is 0 Å². The fraction of sp³-hybridized carbons (Fsp3) is 0.688. The Hall–Kier alpha value is -1.69. The molecule has 22 heavy (non-hydrogen) atoms. The highest BCUT2D eigenvalue weighted by Gasteiger charge is 2.24. The number of aryl methyl sites for hydroxylation is 1. The Labute approximate surface area is 131 Å². The Morgan fingerprint density at radius 1 is 1.36 bits per heavy atom. The molecule has 6 nitrogen and oxygen atoms in total. The molecule has 1 fully saturated rings. The first-order chi connectivity index (χ1) is 10.7. The van der Waals surface area contributed by atoms with Crippen LogP contribution in [0.2, 0.25) is 0 Å². The van der Waals surface area contributed by atoms with Crippen molar-refractivity contribution in [3.8, 4) is 0 Å². The van der Waals surface area contributed by atoms with Crippen LogP contribution in [-0.2, 0) is 13.1 Å². The van der Waals surface area contributed by atoms with Crippen LogP contribution in [0.1, 0.15) is 57.2 Å². The van der Waals surface area contributed by atoms with Crippen molar-refractivity contribution in [2.45, 2.75) is 64.6 Å². The third-order valence-electron chi connectivity index (χ3n) is 4.32. The third-order valence-corrected chi connectivity index (χ3v) is 4.32. The minimum Gasteiger partial charge on any atom is -0.339 e. The molecule has 3 heterocycles. The molecule has 2 aromatic heterocycles. The Bertz CT molecular complexity index is 563. The molecule has 0 amide bonds. The molecule has 0 N–H and O–H groups in total. The molecule has 0 aromatic carbocycles. The van der Waals surface area contributed by atoms with E-state index in [0.29, 0.717) is 12.0 Å². The summed E-state index contributed by atoms with van der Waals surface area (Å²) in [5.74, 6) is 1.84. The number of rotatable bonds is 6. The van der Waals surface area contributed by atoms with Gasteiger partial charge in [-0.25, -0.2) is 0 Å². The van der Waals surface area contributed by atoms with E-state index >= 15 is 0 Å². The van der Waals surface area contributed by atoms with Crippen molar-refractivity contribution in [3.63, 3.8) is 0 Å². The summed E-state index contributed by atoms with van der Waals surface area (Å²) < 4.78 is 7.33. The van der Waals surface area contributed by atoms with Gasteiger partial charge in [-0.1, -0.05) is 25.4 Å². The minimum atomic E-state index is 0.290. The third kappa shape index (κ3) is 3.74. The summed E-state index contributed by atoms with van der Waals surface area (Å²) in [6, 6.07) is 2.56. The van der Waals surface area contributed by atoms with E-state index in [1.54, 1.807) is 0 Å². The van der Waals surface area contributed by atoms with Gasteiger partial charge in [0.25, 0.3) is 0 Å². The van der Waals surface area contributed by atoms with Crippen molar-refractivity contribution in [1.82, 2.24) is 24.8 Å². The van der Waals surface area contributed by atoms with E-state index in [2.05, 4.69) is 34.0 Å². The van der Waals surface area contributed by atoms with Crippen molar-refractivity contribution >= 4 is 0 Å². The van der Waals surface area contributed by atoms with Crippen LogP contribution in [0, 0.1) is 0 Å². The average Bonchev–Trinajstić information content (AvgIpc) is 3.17. The maximum atomic E-state index is 5.32. The number of hydrogen-bond donors (Lipinski definition) is 0. The topological polar surface area (TPSA) is 60.0 Å². The van der Waals surface area contributed by atoms with Gasteiger partial charge in [0.2, 0.25) is 5.89 Å². The Balaban J connectivity index is 1.59. The van der Waals surface area contributed by atoms with Crippen LogP contribution in [0.4, 0.5) is 0 Å². The largest absolute Gasteiger partial charge is 0.339 e. The number of nitrogens with zero attached hydrogens (tertiary/aromatic N) is 5. The lowest BCUT2D eigenvalue weighted by atomic mass is 9.99. The number of likely N-dealkylation sites (tertiary alicyclic amines) is 1. The second kappa shape index (κ2) is 7.05. The second-order valence-electron chi connectivity index (χ2n) is 6.38. The van der Waals surface area contributed by atoms with E-state index in [0.717, 1.165) is 37.8 Å². The van der Waals surface area contributed by atoms with Gasteiger partial charge in [-0.2, -0.15) is 10.1 Å². The van der Waals surface area contributed by atoms with E-state index in [1.807, 2.05) is 23.1 Å². The standard InChI is InChI=1S/C16H25N5O/c1-13(2)16-18-15(19-22-16)12-20-9-4-3-6-14(20)7-11-21-10-5-8-17-21/h5,8,10,13-14H,3-4,6-7,9,11-12H2,1-2H3/t14-/m0/s1. The molecule has 1 atom stereocenters. The molecule has 1 aliphatic rings. The van der Waals surface area contributed by atoms with Crippen molar-refractivity contribution in [1.29, 1.82) is 0 Å².